The number of aryl methyl sites for hydroxylation is 1. The number of aromatic nitrogens is 1. The van der Waals surface area contributed by atoms with Gasteiger partial charge in [-0.1, -0.05) is 118 Å². The fourth-order valence-electron chi connectivity index (χ4n) is 7.96. The Labute approximate surface area is 276 Å². The second-order valence-corrected chi connectivity index (χ2v) is 13.3. The Balaban J connectivity index is 1.28. The van der Waals surface area contributed by atoms with Crippen LogP contribution in [0.3, 0.4) is 0 Å². The first-order valence-electron chi connectivity index (χ1n) is 16.7. The monoisotopic (exact) mass is 604 g/mol. The highest BCUT2D eigenvalue weighted by Crippen LogP contribution is 2.54. The molecule has 1 heterocycles. The SMILES string of the molecule is CCc1ccc(N(c2ccccc2)c2ccc3c(c2)C(C)(C)c2cc(-n4c5ccccc5c5ccccc54)c4ccccc4c2-3)cc1. The molecule has 2 heteroatoms. The first-order chi connectivity index (χ1) is 23.0. The smallest absolute Gasteiger partial charge is 0.0544 e. The van der Waals surface area contributed by atoms with Gasteiger partial charge in [0, 0.05) is 38.6 Å². The van der Waals surface area contributed by atoms with Gasteiger partial charge in [0.15, 0.2) is 0 Å². The van der Waals surface area contributed by atoms with Crippen molar-refractivity contribution in [3.8, 4) is 16.8 Å². The number of rotatable bonds is 5. The summed E-state index contributed by atoms with van der Waals surface area (Å²) in [7, 11) is 0. The Bertz CT molecular complexity index is 2410. The third-order valence-electron chi connectivity index (χ3n) is 10.3. The maximum Gasteiger partial charge on any atom is 0.0544 e. The Morgan fingerprint density at radius 2 is 1.06 bits per heavy atom. The Morgan fingerprint density at radius 3 is 1.72 bits per heavy atom. The minimum absolute atomic E-state index is 0.202. The third kappa shape index (κ3) is 4.11. The van der Waals surface area contributed by atoms with Crippen molar-refractivity contribution < 1.29 is 0 Å². The predicted molar refractivity (Wildman–Crippen MR) is 200 cm³/mol. The van der Waals surface area contributed by atoms with Crippen LogP contribution in [0.15, 0.2) is 152 Å². The standard InChI is InChI=1S/C45H36N2/c1-4-30-22-24-32(25-23-30)46(31-14-6-5-7-15-31)33-26-27-38-39(28-33)45(2,3)40-29-43(36-18-8-9-19-37(36)44(38)40)47-41-20-12-10-16-34(41)35-17-11-13-21-42(35)47/h5-29H,4H2,1-3H3. The molecule has 0 spiro atoms. The number of nitrogens with zero attached hydrogens (tertiary/aromatic N) is 2. The summed E-state index contributed by atoms with van der Waals surface area (Å²) < 4.78 is 2.48. The molecular weight excluding hydrogens is 569 g/mol. The third-order valence-corrected chi connectivity index (χ3v) is 10.3. The second kappa shape index (κ2) is 10.5. The molecular formula is C45H36N2. The number of hydrogen-bond donors (Lipinski definition) is 0. The average molecular weight is 605 g/mol. The van der Waals surface area contributed by atoms with Gasteiger partial charge in [-0.15, -0.1) is 0 Å². The minimum atomic E-state index is -0.202. The van der Waals surface area contributed by atoms with E-state index in [1.54, 1.807) is 0 Å². The van der Waals surface area contributed by atoms with E-state index in [0.29, 0.717) is 0 Å². The molecule has 47 heavy (non-hydrogen) atoms. The van der Waals surface area contributed by atoms with Crippen LogP contribution in [0, 0.1) is 0 Å². The zero-order chi connectivity index (χ0) is 31.7. The molecule has 0 atom stereocenters. The highest BCUT2D eigenvalue weighted by molar-refractivity contribution is 6.12. The lowest BCUT2D eigenvalue weighted by molar-refractivity contribution is 0.660. The number of fused-ring (bicyclic) bond motifs is 8. The zero-order valence-corrected chi connectivity index (χ0v) is 27.0. The first kappa shape index (κ1) is 27.7. The quantitative estimate of drug-likeness (QED) is 0.190. The van der Waals surface area contributed by atoms with E-state index in [-0.39, 0.29) is 5.41 Å². The first-order valence-corrected chi connectivity index (χ1v) is 16.7. The molecule has 8 aromatic rings. The van der Waals surface area contributed by atoms with Gasteiger partial charge in [0.1, 0.15) is 0 Å². The van der Waals surface area contributed by atoms with E-state index in [1.165, 1.54) is 77.5 Å². The molecule has 7 aromatic carbocycles. The Hall–Kier alpha value is -5.60. The average Bonchev–Trinajstić information content (AvgIpc) is 3.57. The van der Waals surface area contributed by atoms with Crippen LogP contribution in [-0.2, 0) is 11.8 Å². The van der Waals surface area contributed by atoms with Crippen LogP contribution in [0.1, 0.15) is 37.5 Å². The fraction of sp³-hybridized carbons (Fsp3) is 0.111. The van der Waals surface area contributed by atoms with E-state index >= 15 is 0 Å². The van der Waals surface area contributed by atoms with E-state index in [4.69, 9.17) is 0 Å². The van der Waals surface area contributed by atoms with Crippen LogP contribution in [0.2, 0.25) is 0 Å². The minimum Gasteiger partial charge on any atom is -0.310 e. The molecule has 0 amide bonds. The van der Waals surface area contributed by atoms with Crippen molar-refractivity contribution in [2.24, 2.45) is 0 Å². The number of hydrogen-bond acceptors (Lipinski definition) is 1. The molecule has 0 aliphatic heterocycles. The van der Waals surface area contributed by atoms with Crippen molar-refractivity contribution in [3.05, 3.63) is 168 Å². The van der Waals surface area contributed by atoms with Gasteiger partial charge in [0.25, 0.3) is 0 Å². The fourth-order valence-corrected chi connectivity index (χ4v) is 7.96. The van der Waals surface area contributed by atoms with E-state index in [0.717, 1.165) is 12.1 Å². The molecule has 2 nitrogen and oxygen atoms in total. The van der Waals surface area contributed by atoms with Gasteiger partial charge >= 0.3 is 0 Å². The van der Waals surface area contributed by atoms with E-state index in [2.05, 4.69) is 182 Å². The summed E-state index contributed by atoms with van der Waals surface area (Å²) in [6.07, 6.45) is 1.03. The van der Waals surface area contributed by atoms with Crippen LogP contribution in [0.25, 0.3) is 49.4 Å². The highest BCUT2D eigenvalue weighted by atomic mass is 15.1. The van der Waals surface area contributed by atoms with E-state index in [9.17, 15) is 0 Å². The molecule has 0 saturated heterocycles. The van der Waals surface area contributed by atoms with Gasteiger partial charge in [0.05, 0.1) is 16.7 Å². The molecule has 0 N–H and O–H groups in total. The van der Waals surface area contributed by atoms with Crippen molar-refractivity contribution in [3.63, 3.8) is 0 Å². The van der Waals surface area contributed by atoms with Crippen molar-refractivity contribution in [2.75, 3.05) is 4.90 Å². The zero-order valence-electron chi connectivity index (χ0n) is 27.0. The van der Waals surface area contributed by atoms with Gasteiger partial charge in [-0.25, -0.2) is 0 Å². The summed E-state index contributed by atoms with van der Waals surface area (Å²) in [4.78, 5) is 2.39. The molecule has 9 rings (SSSR count). The molecule has 0 saturated carbocycles. The molecule has 1 aromatic heterocycles. The lowest BCUT2D eigenvalue weighted by Gasteiger charge is -2.28. The normalized spacial score (nSPS) is 13.3. The molecule has 0 radical (unpaired) electrons. The van der Waals surface area contributed by atoms with Gasteiger partial charge in [0.2, 0.25) is 0 Å². The van der Waals surface area contributed by atoms with Crippen LogP contribution in [0.5, 0.6) is 0 Å². The highest BCUT2D eigenvalue weighted by Gasteiger charge is 2.38. The van der Waals surface area contributed by atoms with Crippen molar-refractivity contribution >= 4 is 49.6 Å². The number of benzene rings is 7. The van der Waals surface area contributed by atoms with Gasteiger partial charge in [-0.3, -0.25) is 0 Å². The maximum atomic E-state index is 2.48. The molecule has 226 valence electrons. The van der Waals surface area contributed by atoms with Crippen LogP contribution >= 0.6 is 0 Å². The van der Waals surface area contributed by atoms with E-state index in [1.807, 2.05) is 0 Å². The summed E-state index contributed by atoms with van der Waals surface area (Å²) >= 11 is 0. The Morgan fingerprint density at radius 1 is 0.511 bits per heavy atom. The summed E-state index contributed by atoms with van der Waals surface area (Å²) in [5.41, 5.74) is 13.8. The lowest BCUT2D eigenvalue weighted by atomic mass is 9.81. The van der Waals surface area contributed by atoms with E-state index < -0.39 is 0 Å². The maximum absolute atomic E-state index is 2.48. The van der Waals surface area contributed by atoms with Crippen molar-refractivity contribution in [1.82, 2.24) is 4.57 Å². The summed E-state index contributed by atoms with van der Waals surface area (Å²) in [6.45, 7) is 7.00. The molecule has 1 aliphatic carbocycles. The predicted octanol–water partition coefficient (Wildman–Crippen LogP) is 12.3. The summed E-state index contributed by atoms with van der Waals surface area (Å²) in [6, 6.07) is 55.9. The number of anilines is 3. The molecule has 0 unspecified atom stereocenters. The van der Waals surface area contributed by atoms with Gasteiger partial charge in [-0.2, -0.15) is 0 Å². The summed E-state index contributed by atoms with van der Waals surface area (Å²) in [5, 5.41) is 5.14. The van der Waals surface area contributed by atoms with Gasteiger partial charge < -0.3 is 9.47 Å². The Kier molecular flexibility index (Phi) is 6.17. The largest absolute Gasteiger partial charge is 0.310 e. The van der Waals surface area contributed by atoms with Crippen LogP contribution in [-0.4, -0.2) is 4.57 Å². The van der Waals surface area contributed by atoms with Crippen molar-refractivity contribution in [1.29, 1.82) is 0 Å². The molecule has 1 aliphatic rings. The molecule has 0 bridgehead atoms. The number of para-hydroxylation sites is 3. The molecule has 0 fully saturated rings. The summed E-state index contributed by atoms with van der Waals surface area (Å²) in [5.74, 6) is 0. The topological polar surface area (TPSA) is 8.17 Å². The van der Waals surface area contributed by atoms with Crippen LogP contribution in [0.4, 0.5) is 17.1 Å². The second-order valence-electron chi connectivity index (χ2n) is 13.3. The van der Waals surface area contributed by atoms with Crippen molar-refractivity contribution in [2.45, 2.75) is 32.6 Å². The van der Waals surface area contributed by atoms with Gasteiger partial charge in [-0.05, 0) is 94.2 Å². The lowest BCUT2D eigenvalue weighted by Crippen LogP contribution is -2.17. The van der Waals surface area contributed by atoms with Crippen LogP contribution < -0.4 is 4.90 Å².